The van der Waals surface area contributed by atoms with Crippen molar-refractivity contribution < 1.29 is 32.4 Å². The highest BCUT2D eigenvalue weighted by atomic mass is 19.4. The molecular formula is C18H15F3N8O5. The van der Waals surface area contributed by atoms with Gasteiger partial charge in [0.25, 0.3) is 5.91 Å². The molecule has 0 aliphatic heterocycles. The number of benzene rings is 2. The van der Waals surface area contributed by atoms with Gasteiger partial charge in [0.15, 0.2) is 11.5 Å². The van der Waals surface area contributed by atoms with E-state index < -0.39 is 34.0 Å². The van der Waals surface area contributed by atoms with Crippen LogP contribution in [0.1, 0.15) is 11.1 Å². The molecule has 1 heterocycles. The number of hydrogen-bond donors (Lipinski definition) is 2. The zero-order chi connectivity index (χ0) is 24.9. The summed E-state index contributed by atoms with van der Waals surface area (Å²) in [6.07, 6.45) is -3.48. The van der Waals surface area contributed by atoms with E-state index >= 15 is 0 Å². The van der Waals surface area contributed by atoms with E-state index in [1.54, 1.807) is 0 Å². The minimum Gasteiger partial charge on any atom is -0.493 e. The fourth-order valence-corrected chi connectivity index (χ4v) is 2.56. The van der Waals surface area contributed by atoms with E-state index in [1.807, 2.05) is 0 Å². The van der Waals surface area contributed by atoms with Crippen LogP contribution in [0, 0.1) is 10.1 Å². The highest BCUT2D eigenvalue weighted by Crippen LogP contribution is 2.40. The summed E-state index contributed by atoms with van der Waals surface area (Å²) in [5.74, 6) is -0.914. The molecule has 2 aromatic carbocycles. The number of methoxy groups -OCH3 is 1. The van der Waals surface area contributed by atoms with Crippen molar-refractivity contribution in [3.05, 3.63) is 57.6 Å². The second-order valence-electron chi connectivity index (χ2n) is 6.44. The third-order valence-electron chi connectivity index (χ3n) is 4.15. The molecule has 0 aliphatic carbocycles. The van der Waals surface area contributed by atoms with Crippen LogP contribution in [0.2, 0.25) is 0 Å². The van der Waals surface area contributed by atoms with Crippen LogP contribution >= 0.6 is 0 Å². The summed E-state index contributed by atoms with van der Waals surface area (Å²) in [4.78, 5) is 22.1. The number of nitrogens with two attached hydrogens (primary N) is 1. The molecule has 0 unspecified atom stereocenters. The number of ether oxygens (including phenoxy) is 2. The van der Waals surface area contributed by atoms with Crippen LogP contribution in [-0.2, 0) is 17.5 Å². The van der Waals surface area contributed by atoms with Crippen molar-refractivity contribution in [2.24, 2.45) is 5.10 Å². The topological polar surface area (TPSA) is 173 Å². The molecule has 34 heavy (non-hydrogen) atoms. The van der Waals surface area contributed by atoms with Gasteiger partial charge in [-0.2, -0.15) is 18.3 Å². The number of carbonyl (C=O) groups excluding carboxylic acids is 1. The number of hydrogen-bond acceptors (Lipinski definition) is 10. The van der Waals surface area contributed by atoms with Crippen LogP contribution in [0.3, 0.4) is 0 Å². The summed E-state index contributed by atoms with van der Waals surface area (Å²) in [5, 5.41) is 25.3. The van der Waals surface area contributed by atoms with Crippen LogP contribution in [0.15, 0.2) is 41.5 Å². The Morgan fingerprint density at radius 2 is 2.00 bits per heavy atom. The number of nitro benzene ring substituents is 1. The molecule has 0 radical (unpaired) electrons. The van der Waals surface area contributed by atoms with Gasteiger partial charge < -0.3 is 15.2 Å². The summed E-state index contributed by atoms with van der Waals surface area (Å²) < 4.78 is 50.3. The number of nitrogen functional groups attached to an aromatic ring is 1. The maximum Gasteiger partial charge on any atom is 0.416 e. The molecule has 0 saturated carbocycles. The van der Waals surface area contributed by atoms with Gasteiger partial charge in [0.2, 0.25) is 11.7 Å². The zero-order valence-electron chi connectivity index (χ0n) is 17.2. The van der Waals surface area contributed by atoms with Gasteiger partial charge in [-0.3, -0.25) is 14.9 Å². The van der Waals surface area contributed by atoms with Crippen LogP contribution in [0.5, 0.6) is 17.2 Å². The standard InChI is InChI=1S/C18H15F3N8O5/c1-33-15-6-10(8-23-24-16(30)9-28-17(22)25-26-27-28)2-4-14(15)34-13-5-3-11(18(19,20)21)7-12(13)29(31)32/h2-8H,9H2,1H3,(H,24,30)(H2,22,25,27)/b23-8+. The van der Waals surface area contributed by atoms with Crippen molar-refractivity contribution in [3.8, 4) is 17.2 Å². The number of nitro groups is 1. The quantitative estimate of drug-likeness (QED) is 0.278. The Balaban J connectivity index is 1.74. The van der Waals surface area contributed by atoms with E-state index in [9.17, 15) is 28.1 Å². The average Bonchev–Trinajstić information content (AvgIpc) is 3.18. The number of aromatic nitrogens is 4. The Labute approximate surface area is 188 Å². The number of rotatable bonds is 8. The Hall–Kier alpha value is -4.76. The van der Waals surface area contributed by atoms with E-state index in [2.05, 4.69) is 26.1 Å². The van der Waals surface area contributed by atoms with E-state index in [0.29, 0.717) is 17.7 Å². The second kappa shape index (κ2) is 9.80. The molecule has 1 amide bonds. The third kappa shape index (κ3) is 5.72. The third-order valence-corrected chi connectivity index (χ3v) is 4.15. The van der Waals surface area contributed by atoms with Crippen LogP contribution in [-0.4, -0.2) is 44.4 Å². The Morgan fingerprint density at radius 1 is 1.26 bits per heavy atom. The van der Waals surface area contributed by atoms with Crippen molar-refractivity contribution in [3.63, 3.8) is 0 Å². The van der Waals surface area contributed by atoms with Crippen molar-refractivity contribution in [2.45, 2.75) is 12.7 Å². The first-order valence-electron chi connectivity index (χ1n) is 9.13. The molecule has 0 atom stereocenters. The minimum absolute atomic E-state index is 0.000650. The van der Waals surface area contributed by atoms with Gasteiger partial charge in [-0.25, -0.2) is 10.1 Å². The number of amides is 1. The zero-order valence-corrected chi connectivity index (χ0v) is 17.2. The first-order valence-corrected chi connectivity index (χ1v) is 9.13. The molecule has 0 saturated heterocycles. The predicted molar refractivity (Wildman–Crippen MR) is 109 cm³/mol. The summed E-state index contributed by atoms with van der Waals surface area (Å²) in [6.45, 7) is -0.266. The molecule has 0 spiro atoms. The molecule has 0 aliphatic rings. The number of anilines is 1. The van der Waals surface area contributed by atoms with Crippen molar-refractivity contribution in [1.82, 2.24) is 25.6 Å². The van der Waals surface area contributed by atoms with Gasteiger partial charge in [0.1, 0.15) is 6.54 Å². The first-order chi connectivity index (χ1) is 16.1. The second-order valence-corrected chi connectivity index (χ2v) is 6.44. The highest BCUT2D eigenvalue weighted by Gasteiger charge is 2.33. The van der Waals surface area contributed by atoms with Gasteiger partial charge in [-0.15, -0.1) is 0 Å². The Bertz CT molecular complexity index is 1240. The summed E-state index contributed by atoms with van der Waals surface area (Å²) in [7, 11) is 1.29. The first kappa shape index (κ1) is 23.9. The van der Waals surface area contributed by atoms with Gasteiger partial charge in [0.05, 0.1) is 23.8 Å². The van der Waals surface area contributed by atoms with Gasteiger partial charge in [-0.1, -0.05) is 5.10 Å². The predicted octanol–water partition coefficient (Wildman–Crippen LogP) is 2.13. The highest BCUT2D eigenvalue weighted by molar-refractivity contribution is 5.83. The number of halogens is 3. The summed E-state index contributed by atoms with van der Waals surface area (Å²) >= 11 is 0. The fourth-order valence-electron chi connectivity index (χ4n) is 2.56. The molecule has 16 heteroatoms. The van der Waals surface area contributed by atoms with Gasteiger partial charge >= 0.3 is 11.9 Å². The minimum atomic E-state index is -4.75. The molecule has 178 valence electrons. The molecule has 3 N–H and O–H groups in total. The molecule has 0 bridgehead atoms. The maximum atomic E-state index is 12.9. The van der Waals surface area contributed by atoms with Crippen molar-refractivity contribution in [2.75, 3.05) is 12.8 Å². The van der Waals surface area contributed by atoms with E-state index in [-0.39, 0.29) is 24.0 Å². The van der Waals surface area contributed by atoms with E-state index in [4.69, 9.17) is 15.2 Å². The normalized spacial score (nSPS) is 11.4. The van der Waals surface area contributed by atoms with Gasteiger partial charge in [-0.05, 0) is 46.3 Å². The maximum absolute atomic E-state index is 12.9. The van der Waals surface area contributed by atoms with Crippen molar-refractivity contribution >= 4 is 23.8 Å². The smallest absolute Gasteiger partial charge is 0.416 e. The molecular weight excluding hydrogens is 465 g/mol. The largest absolute Gasteiger partial charge is 0.493 e. The number of hydrazone groups is 1. The van der Waals surface area contributed by atoms with Crippen LogP contribution in [0.25, 0.3) is 0 Å². The molecule has 1 aromatic heterocycles. The van der Waals surface area contributed by atoms with Crippen molar-refractivity contribution in [1.29, 1.82) is 0 Å². The summed E-state index contributed by atoms with van der Waals surface area (Å²) in [5.41, 5.74) is 6.09. The lowest BCUT2D eigenvalue weighted by molar-refractivity contribution is -0.385. The number of carbonyl (C=O) groups is 1. The lowest BCUT2D eigenvalue weighted by Crippen LogP contribution is -2.24. The average molecular weight is 480 g/mol. The molecule has 3 rings (SSSR count). The number of tetrazole rings is 1. The Kier molecular flexibility index (Phi) is 6.89. The molecule has 0 fully saturated rings. The van der Waals surface area contributed by atoms with Gasteiger partial charge in [0, 0.05) is 6.07 Å². The van der Waals surface area contributed by atoms with Crippen LogP contribution in [0.4, 0.5) is 24.8 Å². The fraction of sp³-hybridized carbons (Fsp3) is 0.167. The molecule has 13 nitrogen and oxygen atoms in total. The lowest BCUT2D eigenvalue weighted by Gasteiger charge is -2.12. The monoisotopic (exact) mass is 480 g/mol. The number of alkyl halides is 3. The Morgan fingerprint density at radius 3 is 2.62 bits per heavy atom. The molecule has 3 aromatic rings. The SMILES string of the molecule is COc1cc(/C=N/NC(=O)Cn2nnnc2N)ccc1Oc1ccc(C(F)(F)F)cc1[N+](=O)[O-]. The number of nitrogens with one attached hydrogen (secondary N) is 1. The lowest BCUT2D eigenvalue weighted by atomic mass is 10.1. The van der Waals surface area contributed by atoms with E-state index in [1.165, 1.54) is 31.5 Å². The summed E-state index contributed by atoms with van der Waals surface area (Å²) in [6, 6.07) is 6.17. The van der Waals surface area contributed by atoms with E-state index in [0.717, 1.165) is 10.7 Å². The number of nitrogens with zero attached hydrogens (tertiary/aromatic N) is 6. The van der Waals surface area contributed by atoms with Crippen LogP contribution < -0.4 is 20.6 Å².